The van der Waals surface area contributed by atoms with Gasteiger partial charge in [-0.15, -0.1) is 0 Å². The second-order valence-corrected chi connectivity index (χ2v) is 5.73. The summed E-state index contributed by atoms with van der Waals surface area (Å²) >= 11 is 0. The summed E-state index contributed by atoms with van der Waals surface area (Å²) < 4.78 is 12.2. The van der Waals surface area contributed by atoms with E-state index in [0.717, 1.165) is 17.1 Å². The summed E-state index contributed by atoms with van der Waals surface area (Å²) in [5, 5.41) is 11.6. The number of fused-ring (bicyclic) bond motifs is 1. The number of benzene rings is 1. The number of methoxy groups -OCH3 is 1. The van der Waals surface area contributed by atoms with E-state index in [4.69, 9.17) is 9.26 Å². The monoisotopic (exact) mass is 351 g/mol. The van der Waals surface area contributed by atoms with Crippen LogP contribution in [0.3, 0.4) is 0 Å². The molecular formula is C17H17N7O2. The highest BCUT2D eigenvalue weighted by molar-refractivity contribution is 5.52. The van der Waals surface area contributed by atoms with Crippen molar-refractivity contribution in [1.29, 1.82) is 0 Å². The topological polar surface area (TPSA) is 103 Å². The molecule has 0 saturated carbocycles. The first-order chi connectivity index (χ1) is 12.7. The van der Waals surface area contributed by atoms with Crippen molar-refractivity contribution < 1.29 is 9.26 Å². The fourth-order valence-electron chi connectivity index (χ4n) is 2.58. The molecule has 0 fully saturated rings. The van der Waals surface area contributed by atoms with Crippen LogP contribution in [0.15, 0.2) is 47.2 Å². The predicted molar refractivity (Wildman–Crippen MR) is 93.3 cm³/mol. The molecule has 0 saturated heterocycles. The number of ether oxygens (including phenoxy) is 1. The number of nitrogens with zero attached hydrogens (tertiary/aromatic N) is 6. The first kappa shape index (κ1) is 16.2. The summed E-state index contributed by atoms with van der Waals surface area (Å²) in [6, 6.07) is 11.3. The third-order valence-corrected chi connectivity index (χ3v) is 3.81. The maximum atomic E-state index is 5.38. The lowest BCUT2D eigenvalue weighted by Gasteiger charge is -2.13. The summed E-state index contributed by atoms with van der Waals surface area (Å²) in [6.07, 6.45) is 1.45. The average molecular weight is 351 g/mol. The van der Waals surface area contributed by atoms with Crippen LogP contribution in [0, 0.1) is 0 Å². The molecule has 0 aliphatic rings. The molecule has 0 bridgehead atoms. The predicted octanol–water partition coefficient (Wildman–Crippen LogP) is 2.49. The first-order valence-electron chi connectivity index (χ1n) is 8.09. The molecule has 9 heteroatoms. The Hall–Kier alpha value is -3.33. The highest BCUT2D eigenvalue weighted by Gasteiger charge is 2.17. The lowest BCUT2D eigenvalue weighted by Crippen LogP contribution is -2.13. The van der Waals surface area contributed by atoms with Crippen LogP contribution in [0.5, 0.6) is 0 Å². The molecule has 1 unspecified atom stereocenters. The molecule has 3 heterocycles. The molecule has 0 spiro atoms. The Labute approximate surface area is 149 Å². The molecule has 3 aromatic heterocycles. The molecule has 0 radical (unpaired) electrons. The van der Waals surface area contributed by atoms with Crippen molar-refractivity contribution in [1.82, 2.24) is 29.7 Å². The Morgan fingerprint density at radius 1 is 1.23 bits per heavy atom. The highest BCUT2D eigenvalue weighted by atomic mass is 16.5. The van der Waals surface area contributed by atoms with Gasteiger partial charge in [0.15, 0.2) is 5.82 Å². The quantitative estimate of drug-likeness (QED) is 0.565. The van der Waals surface area contributed by atoms with Gasteiger partial charge in [-0.1, -0.05) is 23.4 Å². The van der Waals surface area contributed by atoms with Gasteiger partial charge in [0.25, 0.3) is 11.7 Å². The molecule has 26 heavy (non-hydrogen) atoms. The number of aromatic nitrogens is 6. The summed E-state index contributed by atoms with van der Waals surface area (Å²) in [5.41, 5.74) is 1.63. The number of rotatable bonds is 6. The SMILES string of the molecule is COCc1cc(NC(C)c2noc(-c3ccccc3)n2)n2ncnc2n1. The third-order valence-electron chi connectivity index (χ3n) is 3.81. The van der Waals surface area contributed by atoms with Crippen LogP contribution in [0.2, 0.25) is 0 Å². The van der Waals surface area contributed by atoms with Gasteiger partial charge < -0.3 is 14.6 Å². The molecule has 0 amide bonds. The van der Waals surface area contributed by atoms with Gasteiger partial charge >= 0.3 is 0 Å². The van der Waals surface area contributed by atoms with Crippen molar-refractivity contribution in [3.63, 3.8) is 0 Å². The highest BCUT2D eigenvalue weighted by Crippen LogP contribution is 2.22. The minimum absolute atomic E-state index is 0.207. The molecular weight excluding hydrogens is 334 g/mol. The number of anilines is 1. The van der Waals surface area contributed by atoms with E-state index in [2.05, 4.69) is 30.5 Å². The molecule has 1 aromatic carbocycles. The van der Waals surface area contributed by atoms with Crippen molar-refractivity contribution in [3.8, 4) is 11.5 Å². The van der Waals surface area contributed by atoms with E-state index in [-0.39, 0.29) is 6.04 Å². The molecule has 0 aliphatic carbocycles. The number of hydrogen-bond donors (Lipinski definition) is 1. The van der Waals surface area contributed by atoms with Crippen molar-refractivity contribution in [3.05, 3.63) is 54.2 Å². The second-order valence-electron chi connectivity index (χ2n) is 5.73. The zero-order valence-electron chi connectivity index (χ0n) is 14.3. The van der Waals surface area contributed by atoms with Crippen molar-refractivity contribution >= 4 is 11.6 Å². The zero-order chi connectivity index (χ0) is 17.9. The van der Waals surface area contributed by atoms with Gasteiger partial charge in [-0.3, -0.25) is 0 Å². The normalized spacial score (nSPS) is 12.4. The molecule has 1 N–H and O–H groups in total. The van der Waals surface area contributed by atoms with Crippen LogP contribution in [0.1, 0.15) is 24.5 Å². The van der Waals surface area contributed by atoms with E-state index >= 15 is 0 Å². The first-order valence-corrected chi connectivity index (χ1v) is 8.09. The third kappa shape index (κ3) is 3.11. The standard InChI is InChI=1S/C17H17N7O2/c1-11(15-22-16(26-23-15)12-6-4-3-5-7-12)20-14-8-13(9-25-2)21-17-18-10-19-24(14)17/h3-8,10-11,20H,9H2,1-2H3. The van der Waals surface area contributed by atoms with Gasteiger partial charge in [0.05, 0.1) is 18.3 Å². The van der Waals surface area contributed by atoms with Gasteiger partial charge in [-0.25, -0.2) is 4.98 Å². The van der Waals surface area contributed by atoms with Crippen LogP contribution >= 0.6 is 0 Å². The summed E-state index contributed by atoms with van der Waals surface area (Å²) in [4.78, 5) is 13.0. The van der Waals surface area contributed by atoms with E-state index in [0.29, 0.717) is 24.1 Å². The van der Waals surface area contributed by atoms with E-state index in [1.807, 2.05) is 43.3 Å². The van der Waals surface area contributed by atoms with E-state index in [1.54, 1.807) is 11.6 Å². The van der Waals surface area contributed by atoms with Gasteiger partial charge in [0, 0.05) is 18.7 Å². The molecule has 1 atom stereocenters. The average Bonchev–Trinajstić information content (AvgIpc) is 3.32. The van der Waals surface area contributed by atoms with Crippen LogP contribution in [-0.4, -0.2) is 36.8 Å². The smallest absolute Gasteiger partial charge is 0.257 e. The number of hydrogen-bond acceptors (Lipinski definition) is 8. The Morgan fingerprint density at radius 2 is 2.08 bits per heavy atom. The van der Waals surface area contributed by atoms with E-state index < -0.39 is 0 Å². The van der Waals surface area contributed by atoms with E-state index in [1.165, 1.54) is 6.33 Å². The molecule has 132 valence electrons. The minimum atomic E-state index is -0.207. The van der Waals surface area contributed by atoms with Gasteiger partial charge in [-0.2, -0.15) is 19.6 Å². The Bertz CT molecular complexity index is 1010. The lowest BCUT2D eigenvalue weighted by molar-refractivity contribution is 0.181. The summed E-state index contributed by atoms with van der Waals surface area (Å²) in [6.45, 7) is 2.32. The van der Waals surface area contributed by atoms with Crippen molar-refractivity contribution in [2.24, 2.45) is 0 Å². The maximum Gasteiger partial charge on any atom is 0.257 e. The van der Waals surface area contributed by atoms with Gasteiger partial charge in [-0.05, 0) is 19.1 Å². The molecule has 4 aromatic rings. The van der Waals surface area contributed by atoms with Gasteiger partial charge in [0.2, 0.25) is 0 Å². The largest absolute Gasteiger partial charge is 0.378 e. The molecule has 4 rings (SSSR count). The molecule has 0 aliphatic heterocycles. The Balaban J connectivity index is 1.60. The fraction of sp³-hybridized carbons (Fsp3) is 0.235. The second kappa shape index (κ2) is 6.89. The van der Waals surface area contributed by atoms with Crippen molar-refractivity contribution in [2.75, 3.05) is 12.4 Å². The van der Waals surface area contributed by atoms with Crippen LogP contribution < -0.4 is 5.32 Å². The van der Waals surface area contributed by atoms with E-state index in [9.17, 15) is 0 Å². The number of nitrogens with one attached hydrogen (secondary N) is 1. The van der Waals surface area contributed by atoms with Crippen LogP contribution in [0.4, 0.5) is 5.82 Å². The van der Waals surface area contributed by atoms with Crippen LogP contribution in [-0.2, 0) is 11.3 Å². The minimum Gasteiger partial charge on any atom is -0.378 e. The molecule has 9 nitrogen and oxygen atoms in total. The van der Waals surface area contributed by atoms with Crippen molar-refractivity contribution in [2.45, 2.75) is 19.6 Å². The van der Waals surface area contributed by atoms with Gasteiger partial charge in [0.1, 0.15) is 12.1 Å². The lowest BCUT2D eigenvalue weighted by atomic mass is 10.2. The van der Waals surface area contributed by atoms with Crippen LogP contribution in [0.25, 0.3) is 17.2 Å². The summed E-state index contributed by atoms with van der Waals surface area (Å²) in [7, 11) is 1.62. The fourth-order valence-corrected chi connectivity index (χ4v) is 2.58. The summed E-state index contributed by atoms with van der Waals surface area (Å²) in [5.74, 6) is 2.24. The Kier molecular flexibility index (Phi) is 4.28. The Morgan fingerprint density at radius 3 is 2.88 bits per heavy atom. The zero-order valence-corrected chi connectivity index (χ0v) is 14.3. The maximum absolute atomic E-state index is 5.38.